The zero-order chi connectivity index (χ0) is 14.0. The SMILES string of the molecule is O=S(=O)(Nc1ccncc1)c1cccc2cnccc12. The van der Waals surface area contributed by atoms with E-state index in [1.807, 2.05) is 6.07 Å². The number of hydrogen-bond donors (Lipinski definition) is 1. The second kappa shape index (κ2) is 4.90. The van der Waals surface area contributed by atoms with Crippen LogP contribution < -0.4 is 4.72 Å². The van der Waals surface area contributed by atoms with Crippen LogP contribution in [-0.2, 0) is 10.0 Å². The average molecular weight is 285 g/mol. The maximum Gasteiger partial charge on any atom is 0.262 e. The van der Waals surface area contributed by atoms with Crippen molar-refractivity contribution >= 4 is 26.5 Å². The minimum absolute atomic E-state index is 0.231. The topological polar surface area (TPSA) is 72.0 Å². The van der Waals surface area contributed by atoms with E-state index in [0.29, 0.717) is 11.1 Å². The average Bonchev–Trinajstić information content (AvgIpc) is 2.47. The van der Waals surface area contributed by atoms with E-state index >= 15 is 0 Å². The molecule has 0 bridgehead atoms. The molecule has 5 nitrogen and oxygen atoms in total. The Morgan fingerprint density at radius 2 is 1.65 bits per heavy atom. The summed E-state index contributed by atoms with van der Waals surface area (Å²) >= 11 is 0. The Morgan fingerprint density at radius 3 is 2.45 bits per heavy atom. The summed E-state index contributed by atoms with van der Waals surface area (Å²) in [5.41, 5.74) is 0.478. The summed E-state index contributed by atoms with van der Waals surface area (Å²) in [6, 6.07) is 10.00. The third-order valence-corrected chi connectivity index (χ3v) is 4.30. The lowest BCUT2D eigenvalue weighted by Gasteiger charge is -2.10. The van der Waals surface area contributed by atoms with Gasteiger partial charge in [0.2, 0.25) is 0 Å². The maximum atomic E-state index is 12.5. The van der Waals surface area contributed by atoms with Gasteiger partial charge in [0.25, 0.3) is 10.0 Å². The van der Waals surface area contributed by atoms with Crippen molar-refractivity contribution < 1.29 is 8.42 Å². The van der Waals surface area contributed by atoms with Crippen molar-refractivity contribution in [3.05, 3.63) is 61.2 Å². The fourth-order valence-corrected chi connectivity index (χ4v) is 3.25. The zero-order valence-corrected chi connectivity index (χ0v) is 11.2. The summed E-state index contributed by atoms with van der Waals surface area (Å²) in [4.78, 5) is 8.08. The molecule has 0 spiro atoms. The minimum Gasteiger partial charge on any atom is -0.280 e. The number of hydrogen-bond acceptors (Lipinski definition) is 4. The molecule has 0 aliphatic heterocycles. The van der Waals surface area contributed by atoms with Crippen LogP contribution in [0.25, 0.3) is 10.8 Å². The number of anilines is 1. The molecular weight excluding hydrogens is 274 g/mol. The van der Waals surface area contributed by atoms with Crippen molar-refractivity contribution in [3.63, 3.8) is 0 Å². The Kier molecular flexibility index (Phi) is 3.08. The van der Waals surface area contributed by atoms with Crippen LogP contribution in [0.3, 0.4) is 0 Å². The van der Waals surface area contributed by atoms with Crippen molar-refractivity contribution in [2.45, 2.75) is 4.90 Å². The molecule has 6 heteroatoms. The monoisotopic (exact) mass is 285 g/mol. The first-order valence-corrected chi connectivity index (χ1v) is 7.41. The molecule has 0 atom stereocenters. The third kappa shape index (κ3) is 2.33. The molecule has 0 aliphatic carbocycles. The lowest BCUT2D eigenvalue weighted by atomic mass is 10.2. The van der Waals surface area contributed by atoms with Gasteiger partial charge in [-0.05, 0) is 24.3 Å². The van der Waals surface area contributed by atoms with Gasteiger partial charge in [0.15, 0.2) is 0 Å². The molecule has 0 saturated carbocycles. The standard InChI is InChI=1S/C14H11N3O2S/c18-20(19,17-12-4-7-15-8-5-12)14-3-1-2-11-10-16-9-6-13(11)14/h1-10H,(H,15,17). The van der Waals surface area contributed by atoms with Crippen LogP contribution in [0.15, 0.2) is 66.1 Å². The highest BCUT2D eigenvalue weighted by atomic mass is 32.2. The van der Waals surface area contributed by atoms with Gasteiger partial charge in [0, 0.05) is 35.6 Å². The van der Waals surface area contributed by atoms with Crippen molar-refractivity contribution in [1.82, 2.24) is 9.97 Å². The number of benzene rings is 1. The molecule has 3 rings (SSSR count). The predicted octanol–water partition coefficient (Wildman–Crippen LogP) is 2.43. The Bertz CT molecular complexity index is 843. The van der Waals surface area contributed by atoms with Gasteiger partial charge in [-0.15, -0.1) is 0 Å². The van der Waals surface area contributed by atoms with Gasteiger partial charge in [0.05, 0.1) is 10.6 Å². The Hall–Kier alpha value is -2.47. The summed E-state index contributed by atoms with van der Waals surface area (Å²) in [7, 11) is -3.65. The molecular formula is C14H11N3O2S. The number of pyridine rings is 2. The summed E-state index contributed by atoms with van der Waals surface area (Å²) in [5.74, 6) is 0. The number of rotatable bonds is 3. The van der Waals surface area contributed by atoms with Gasteiger partial charge in [-0.25, -0.2) is 8.42 Å². The number of aromatic nitrogens is 2. The van der Waals surface area contributed by atoms with Gasteiger partial charge in [-0.2, -0.15) is 0 Å². The Balaban J connectivity index is 2.10. The van der Waals surface area contributed by atoms with Gasteiger partial charge >= 0.3 is 0 Å². The van der Waals surface area contributed by atoms with E-state index in [-0.39, 0.29) is 4.90 Å². The van der Waals surface area contributed by atoms with Gasteiger partial charge in [-0.3, -0.25) is 14.7 Å². The molecule has 0 unspecified atom stereocenters. The normalized spacial score (nSPS) is 11.4. The molecule has 1 N–H and O–H groups in total. The quantitative estimate of drug-likeness (QED) is 0.802. The first-order valence-electron chi connectivity index (χ1n) is 5.92. The van der Waals surface area contributed by atoms with Crippen molar-refractivity contribution in [2.75, 3.05) is 4.72 Å². The molecule has 2 aromatic heterocycles. The highest BCUT2D eigenvalue weighted by Gasteiger charge is 2.17. The largest absolute Gasteiger partial charge is 0.280 e. The number of nitrogens with zero attached hydrogens (tertiary/aromatic N) is 2. The van der Waals surface area contributed by atoms with E-state index < -0.39 is 10.0 Å². The number of fused-ring (bicyclic) bond motifs is 1. The molecule has 0 saturated heterocycles. The lowest BCUT2D eigenvalue weighted by molar-refractivity contribution is 0.602. The van der Waals surface area contributed by atoms with Crippen LogP contribution in [0.4, 0.5) is 5.69 Å². The molecule has 20 heavy (non-hydrogen) atoms. The van der Waals surface area contributed by atoms with Crippen molar-refractivity contribution in [2.24, 2.45) is 0 Å². The van der Waals surface area contributed by atoms with E-state index in [2.05, 4.69) is 14.7 Å². The minimum atomic E-state index is -3.65. The van der Waals surface area contributed by atoms with Crippen LogP contribution in [0.2, 0.25) is 0 Å². The second-order valence-corrected chi connectivity index (χ2v) is 5.85. The van der Waals surface area contributed by atoms with Gasteiger partial charge in [-0.1, -0.05) is 12.1 Å². The lowest BCUT2D eigenvalue weighted by Crippen LogP contribution is -2.13. The molecule has 1 aromatic carbocycles. The first kappa shape index (κ1) is 12.6. The van der Waals surface area contributed by atoms with Crippen LogP contribution in [-0.4, -0.2) is 18.4 Å². The molecule has 100 valence electrons. The summed E-state index contributed by atoms with van der Waals surface area (Å²) in [6.07, 6.45) is 6.28. The highest BCUT2D eigenvalue weighted by molar-refractivity contribution is 7.93. The third-order valence-electron chi connectivity index (χ3n) is 2.86. The van der Waals surface area contributed by atoms with Crippen molar-refractivity contribution in [3.8, 4) is 0 Å². The molecule has 2 heterocycles. The number of nitrogens with one attached hydrogen (secondary N) is 1. The van der Waals surface area contributed by atoms with Crippen LogP contribution in [0, 0.1) is 0 Å². The number of sulfonamides is 1. The van der Waals surface area contributed by atoms with Gasteiger partial charge < -0.3 is 0 Å². The zero-order valence-electron chi connectivity index (χ0n) is 10.4. The smallest absolute Gasteiger partial charge is 0.262 e. The summed E-state index contributed by atoms with van der Waals surface area (Å²) in [6.45, 7) is 0. The maximum absolute atomic E-state index is 12.5. The second-order valence-electron chi connectivity index (χ2n) is 4.19. The van der Waals surface area contributed by atoms with E-state index in [4.69, 9.17) is 0 Å². The van der Waals surface area contributed by atoms with E-state index in [1.54, 1.807) is 42.7 Å². The molecule has 0 fully saturated rings. The first-order chi connectivity index (χ1) is 9.67. The van der Waals surface area contributed by atoms with Crippen LogP contribution in [0.1, 0.15) is 0 Å². The molecule has 0 radical (unpaired) electrons. The van der Waals surface area contributed by atoms with Crippen molar-refractivity contribution in [1.29, 1.82) is 0 Å². The van der Waals surface area contributed by atoms with Gasteiger partial charge in [0.1, 0.15) is 0 Å². The van der Waals surface area contributed by atoms with E-state index in [9.17, 15) is 8.42 Å². The molecule has 3 aromatic rings. The van der Waals surface area contributed by atoms with E-state index in [1.165, 1.54) is 12.4 Å². The fraction of sp³-hybridized carbons (Fsp3) is 0. The highest BCUT2D eigenvalue weighted by Crippen LogP contribution is 2.23. The summed E-state index contributed by atoms with van der Waals surface area (Å²) in [5, 5.41) is 1.43. The van der Waals surface area contributed by atoms with Crippen LogP contribution in [0.5, 0.6) is 0 Å². The Morgan fingerprint density at radius 1 is 0.900 bits per heavy atom. The van der Waals surface area contributed by atoms with Crippen LogP contribution >= 0.6 is 0 Å². The Labute approximate surface area is 116 Å². The fourth-order valence-electron chi connectivity index (χ4n) is 1.96. The predicted molar refractivity (Wildman–Crippen MR) is 76.8 cm³/mol. The van der Waals surface area contributed by atoms with E-state index in [0.717, 1.165) is 5.39 Å². The molecule has 0 aliphatic rings. The summed E-state index contributed by atoms with van der Waals surface area (Å²) < 4.78 is 27.5. The molecule has 0 amide bonds.